The minimum absolute atomic E-state index is 0. The van der Waals surface area contributed by atoms with Crippen molar-refractivity contribution in [3.63, 3.8) is 0 Å². The van der Waals surface area contributed by atoms with Crippen LogP contribution in [0.5, 0.6) is 0 Å². The van der Waals surface area contributed by atoms with Crippen LogP contribution in [0, 0.1) is 6.92 Å². The number of furan rings is 1. The molecule has 2 rings (SSSR count). The van der Waals surface area contributed by atoms with Crippen LogP contribution in [0.25, 0.3) is 11.0 Å². The van der Waals surface area contributed by atoms with Gasteiger partial charge in [-0.15, -0.1) is 24.0 Å². The third-order valence-electron chi connectivity index (χ3n) is 4.02. The molecule has 2 aromatic rings. The number of nitrogens with one attached hydrogen (secondary N) is 3. The second-order valence-electron chi connectivity index (χ2n) is 5.92. The zero-order valence-electron chi connectivity index (χ0n) is 16.0. The number of benzene rings is 1. The second-order valence-corrected chi connectivity index (χ2v) is 8.02. The van der Waals surface area contributed by atoms with Crippen molar-refractivity contribution in [1.82, 2.24) is 15.4 Å². The standard InChI is InChI=1S/C18H28N4O3S.HI/c1-4-19-18(20-11-8-12-22-26(23,24)5-2)21-13-17-14(3)15-9-6-7-10-16(15)25-17;/h6-7,9-10,22H,4-5,8,11-13H2,1-3H3,(H2,19,20,21);1H. The van der Waals surface area contributed by atoms with Gasteiger partial charge in [-0.3, -0.25) is 0 Å². The average molecular weight is 508 g/mol. The number of hydrogen-bond donors (Lipinski definition) is 3. The topological polar surface area (TPSA) is 95.7 Å². The van der Waals surface area contributed by atoms with Crippen LogP contribution in [0.2, 0.25) is 0 Å². The third kappa shape index (κ3) is 7.30. The summed E-state index contributed by atoms with van der Waals surface area (Å²) in [5.41, 5.74) is 1.98. The molecule has 7 nitrogen and oxygen atoms in total. The first-order chi connectivity index (χ1) is 12.5. The van der Waals surface area contributed by atoms with Gasteiger partial charge in [0.2, 0.25) is 10.0 Å². The lowest BCUT2D eigenvalue weighted by molar-refractivity contribution is 0.547. The molecule has 0 aliphatic heterocycles. The molecule has 0 fully saturated rings. The van der Waals surface area contributed by atoms with Crippen LogP contribution in [0.4, 0.5) is 0 Å². The molecule has 0 aliphatic carbocycles. The Bertz CT molecular complexity index is 849. The Morgan fingerprint density at radius 3 is 2.56 bits per heavy atom. The van der Waals surface area contributed by atoms with E-state index >= 15 is 0 Å². The van der Waals surface area contributed by atoms with Gasteiger partial charge in [0, 0.05) is 30.6 Å². The van der Waals surface area contributed by atoms with Gasteiger partial charge < -0.3 is 15.1 Å². The summed E-state index contributed by atoms with van der Waals surface area (Å²) < 4.78 is 31.2. The van der Waals surface area contributed by atoms with Crippen molar-refractivity contribution in [3.05, 3.63) is 35.6 Å². The molecule has 152 valence electrons. The maximum absolute atomic E-state index is 11.4. The zero-order valence-corrected chi connectivity index (χ0v) is 19.2. The highest BCUT2D eigenvalue weighted by Gasteiger charge is 2.09. The van der Waals surface area contributed by atoms with E-state index in [9.17, 15) is 8.42 Å². The van der Waals surface area contributed by atoms with Gasteiger partial charge in [0.15, 0.2) is 5.96 Å². The van der Waals surface area contributed by atoms with Crippen molar-refractivity contribution >= 4 is 50.9 Å². The number of nitrogens with zero attached hydrogens (tertiary/aromatic N) is 1. The van der Waals surface area contributed by atoms with E-state index in [-0.39, 0.29) is 29.7 Å². The highest BCUT2D eigenvalue weighted by atomic mass is 127. The fourth-order valence-electron chi connectivity index (χ4n) is 2.49. The summed E-state index contributed by atoms with van der Waals surface area (Å²) in [7, 11) is -3.13. The van der Waals surface area contributed by atoms with Crippen molar-refractivity contribution in [2.24, 2.45) is 4.99 Å². The Morgan fingerprint density at radius 1 is 1.15 bits per heavy atom. The summed E-state index contributed by atoms with van der Waals surface area (Å²) >= 11 is 0. The fourth-order valence-corrected chi connectivity index (χ4v) is 3.15. The minimum atomic E-state index is -3.13. The summed E-state index contributed by atoms with van der Waals surface area (Å²) in [5, 5.41) is 7.50. The molecule has 9 heteroatoms. The van der Waals surface area contributed by atoms with Gasteiger partial charge in [0.1, 0.15) is 17.9 Å². The Kier molecular flexibility index (Phi) is 10.1. The van der Waals surface area contributed by atoms with E-state index in [4.69, 9.17) is 4.42 Å². The quantitative estimate of drug-likeness (QED) is 0.210. The number of rotatable bonds is 9. The van der Waals surface area contributed by atoms with Gasteiger partial charge in [-0.1, -0.05) is 18.2 Å². The molecular formula is C18H29IN4O3S. The van der Waals surface area contributed by atoms with Crippen LogP contribution in [0.15, 0.2) is 33.7 Å². The van der Waals surface area contributed by atoms with Gasteiger partial charge in [-0.2, -0.15) is 0 Å². The number of para-hydroxylation sites is 1. The smallest absolute Gasteiger partial charge is 0.211 e. The first kappa shape index (κ1) is 23.7. The van der Waals surface area contributed by atoms with Gasteiger partial charge in [-0.25, -0.2) is 18.1 Å². The number of guanidine groups is 1. The van der Waals surface area contributed by atoms with Crippen molar-refractivity contribution in [1.29, 1.82) is 0 Å². The molecule has 0 spiro atoms. The molecule has 3 N–H and O–H groups in total. The highest BCUT2D eigenvalue weighted by Crippen LogP contribution is 2.25. The second kappa shape index (κ2) is 11.5. The Hall–Kier alpha value is -1.33. The number of aliphatic imine (C=N–C) groups is 1. The summed E-state index contributed by atoms with van der Waals surface area (Å²) in [6, 6.07) is 7.95. The lowest BCUT2D eigenvalue weighted by Gasteiger charge is -2.11. The van der Waals surface area contributed by atoms with Crippen LogP contribution < -0.4 is 15.4 Å². The van der Waals surface area contributed by atoms with E-state index in [0.29, 0.717) is 32.0 Å². The molecule has 0 atom stereocenters. The molecular weight excluding hydrogens is 479 g/mol. The van der Waals surface area contributed by atoms with E-state index in [1.165, 1.54) is 0 Å². The minimum Gasteiger partial charge on any atom is -0.459 e. The lowest BCUT2D eigenvalue weighted by Crippen LogP contribution is -2.38. The Labute approximate surface area is 178 Å². The van der Waals surface area contributed by atoms with Crippen molar-refractivity contribution in [2.75, 3.05) is 25.4 Å². The van der Waals surface area contributed by atoms with Gasteiger partial charge >= 0.3 is 0 Å². The first-order valence-electron chi connectivity index (χ1n) is 8.93. The molecule has 1 aromatic carbocycles. The normalized spacial score (nSPS) is 12.0. The molecule has 1 heterocycles. The number of hydrogen-bond acceptors (Lipinski definition) is 4. The summed E-state index contributed by atoms with van der Waals surface area (Å²) in [6.07, 6.45) is 0.674. The maximum atomic E-state index is 11.4. The fraction of sp³-hybridized carbons (Fsp3) is 0.500. The van der Waals surface area contributed by atoms with Crippen molar-refractivity contribution in [3.8, 4) is 0 Å². The van der Waals surface area contributed by atoms with Crippen molar-refractivity contribution in [2.45, 2.75) is 33.7 Å². The molecule has 0 bridgehead atoms. The number of fused-ring (bicyclic) bond motifs is 1. The van der Waals surface area contributed by atoms with E-state index in [1.807, 2.05) is 38.1 Å². The third-order valence-corrected chi connectivity index (χ3v) is 5.42. The van der Waals surface area contributed by atoms with Crippen LogP contribution in [-0.2, 0) is 16.6 Å². The first-order valence-corrected chi connectivity index (χ1v) is 10.6. The summed E-state index contributed by atoms with van der Waals surface area (Å²) in [5.74, 6) is 1.63. The van der Waals surface area contributed by atoms with E-state index in [2.05, 4.69) is 20.3 Å². The highest BCUT2D eigenvalue weighted by molar-refractivity contribution is 14.0. The van der Waals surface area contributed by atoms with E-state index in [0.717, 1.165) is 28.8 Å². The molecule has 0 amide bonds. The largest absolute Gasteiger partial charge is 0.459 e. The van der Waals surface area contributed by atoms with Gasteiger partial charge in [0.05, 0.1) is 5.75 Å². The summed E-state index contributed by atoms with van der Waals surface area (Å²) in [6.45, 7) is 7.88. The van der Waals surface area contributed by atoms with Gasteiger partial charge in [-0.05, 0) is 33.3 Å². The van der Waals surface area contributed by atoms with Crippen LogP contribution in [-0.4, -0.2) is 39.8 Å². The Morgan fingerprint density at radius 2 is 1.89 bits per heavy atom. The molecule has 0 saturated carbocycles. The predicted molar refractivity (Wildman–Crippen MR) is 121 cm³/mol. The zero-order chi connectivity index (χ0) is 19.0. The Balaban J connectivity index is 0.00000364. The SMILES string of the molecule is CCNC(=NCc1oc2ccccc2c1C)NCCCNS(=O)(=O)CC.I. The van der Waals surface area contributed by atoms with Crippen LogP contribution in [0.1, 0.15) is 31.6 Å². The number of aryl methyl sites for hydroxylation is 1. The van der Waals surface area contributed by atoms with E-state index < -0.39 is 10.0 Å². The number of halogens is 1. The molecule has 1 aromatic heterocycles. The van der Waals surface area contributed by atoms with Gasteiger partial charge in [0.25, 0.3) is 0 Å². The lowest BCUT2D eigenvalue weighted by atomic mass is 10.1. The molecule has 0 radical (unpaired) electrons. The van der Waals surface area contributed by atoms with E-state index in [1.54, 1.807) is 6.92 Å². The molecule has 0 unspecified atom stereocenters. The average Bonchev–Trinajstić information content (AvgIpc) is 2.95. The number of sulfonamides is 1. The molecule has 0 saturated heterocycles. The predicted octanol–water partition coefficient (Wildman–Crippen LogP) is 2.74. The maximum Gasteiger partial charge on any atom is 0.211 e. The van der Waals surface area contributed by atoms with Crippen LogP contribution in [0.3, 0.4) is 0 Å². The molecule has 0 aliphatic rings. The summed E-state index contributed by atoms with van der Waals surface area (Å²) in [4.78, 5) is 4.56. The molecule has 27 heavy (non-hydrogen) atoms. The monoisotopic (exact) mass is 508 g/mol. The van der Waals surface area contributed by atoms with Crippen LogP contribution >= 0.6 is 24.0 Å². The van der Waals surface area contributed by atoms with Crippen molar-refractivity contribution < 1.29 is 12.8 Å².